The van der Waals surface area contributed by atoms with E-state index in [0.717, 1.165) is 22.3 Å². The molecule has 3 rings (SSSR count). The van der Waals surface area contributed by atoms with Crippen LogP contribution in [0.5, 0.6) is 0 Å². The lowest BCUT2D eigenvalue weighted by Crippen LogP contribution is -2.31. The minimum atomic E-state index is -0.0400. The second-order valence-corrected chi connectivity index (χ2v) is 5.77. The second-order valence-electron chi connectivity index (χ2n) is 5.77. The third-order valence-corrected chi connectivity index (χ3v) is 3.47. The smallest absolute Gasteiger partial charge is 0.226 e. The van der Waals surface area contributed by atoms with Crippen LogP contribution in [0.1, 0.15) is 19.5 Å². The summed E-state index contributed by atoms with van der Waals surface area (Å²) >= 11 is 0. The van der Waals surface area contributed by atoms with Crippen LogP contribution in [0.3, 0.4) is 0 Å². The first-order chi connectivity index (χ1) is 11.1. The van der Waals surface area contributed by atoms with E-state index in [9.17, 15) is 4.79 Å². The Kier molecular flexibility index (Phi) is 4.33. The summed E-state index contributed by atoms with van der Waals surface area (Å²) in [5.74, 6) is -0.0400. The molecule has 23 heavy (non-hydrogen) atoms. The highest BCUT2D eigenvalue weighted by molar-refractivity contribution is 5.83. The summed E-state index contributed by atoms with van der Waals surface area (Å²) in [6.45, 7) is 3.89. The zero-order chi connectivity index (χ0) is 16.2. The summed E-state index contributed by atoms with van der Waals surface area (Å²) < 4.78 is 0. The highest BCUT2D eigenvalue weighted by Crippen LogP contribution is 2.23. The molecule has 0 aliphatic heterocycles. The van der Waals surface area contributed by atoms with Gasteiger partial charge in [-0.2, -0.15) is 0 Å². The van der Waals surface area contributed by atoms with E-state index >= 15 is 0 Å². The topological polar surface area (TPSA) is 54.9 Å². The molecule has 0 radical (unpaired) electrons. The van der Waals surface area contributed by atoms with Crippen molar-refractivity contribution in [1.29, 1.82) is 0 Å². The third-order valence-electron chi connectivity index (χ3n) is 3.47. The number of nitrogens with one attached hydrogen (secondary N) is 1. The van der Waals surface area contributed by atoms with Gasteiger partial charge in [0.2, 0.25) is 5.91 Å². The maximum atomic E-state index is 12.2. The van der Waals surface area contributed by atoms with E-state index in [4.69, 9.17) is 4.98 Å². The van der Waals surface area contributed by atoms with Crippen LogP contribution in [0.25, 0.3) is 22.3 Å². The zero-order valence-corrected chi connectivity index (χ0v) is 13.3. The maximum absolute atomic E-state index is 12.2. The first kappa shape index (κ1) is 15.2. The highest BCUT2D eigenvalue weighted by Gasteiger charge is 2.14. The highest BCUT2D eigenvalue weighted by atomic mass is 16.1. The van der Waals surface area contributed by atoms with Crippen LogP contribution >= 0.6 is 0 Å². The van der Waals surface area contributed by atoms with Crippen molar-refractivity contribution in [2.45, 2.75) is 26.3 Å². The predicted molar refractivity (Wildman–Crippen MR) is 92.0 cm³/mol. The number of benzene rings is 2. The van der Waals surface area contributed by atoms with Crippen molar-refractivity contribution < 1.29 is 4.79 Å². The van der Waals surface area contributed by atoms with Crippen molar-refractivity contribution in [2.75, 3.05) is 0 Å². The van der Waals surface area contributed by atoms with Crippen LogP contribution in [0.2, 0.25) is 0 Å². The molecule has 0 atom stereocenters. The fourth-order valence-electron chi connectivity index (χ4n) is 2.51. The Morgan fingerprint density at radius 2 is 1.57 bits per heavy atom. The van der Waals surface area contributed by atoms with Gasteiger partial charge in [0.15, 0.2) is 0 Å². The predicted octanol–water partition coefficient (Wildman–Crippen LogP) is 3.36. The van der Waals surface area contributed by atoms with Gasteiger partial charge in [0.1, 0.15) is 0 Å². The van der Waals surface area contributed by atoms with Crippen LogP contribution in [0, 0.1) is 0 Å². The molecular weight excluding hydrogens is 286 g/mol. The number of hydrogen-bond donors (Lipinski definition) is 1. The SMILES string of the molecule is CC(C)NC(=O)Cc1nc2ccccc2nc1-c1ccccc1. The molecule has 0 fully saturated rings. The molecule has 4 heteroatoms. The number of nitrogens with zero attached hydrogens (tertiary/aromatic N) is 2. The van der Waals surface area contributed by atoms with Crippen LogP contribution < -0.4 is 5.32 Å². The van der Waals surface area contributed by atoms with E-state index in [-0.39, 0.29) is 18.4 Å². The van der Waals surface area contributed by atoms with Crippen molar-refractivity contribution >= 4 is 16.9 Å². The second kappa shape index (κ2) is 6.57. The molecule has 2 aromatic carbocycles. The molecule has 4 nitrogen and oxygen atoms in total. The number of rotatable bonds is 4. The monoisotopic (exact) mass is 305 g/mol. The van der Waals surface area contributed by atoms with Crippen molar-refractivity contribution in [2.24, 2.45) is 0 Å². The minimum Gasteiger partial charge on any atom is -0.354 e. The van der Waals surface area contributed by atoms with Crippen molar-refractivity contribution in [3.05, 3.63) is 60.3 Å². The van der Waals surface area contributed by atoms with E-state index in [1.54, 1.807) is 0 Å². The largest absolute Gasteiger partial charge is 0.354 e. The summed E-state index contributed by atoms with van der Waals surface area (Å²) in [5, 5.41) is 2.91. The fourth-order valence-corrected chi connectivity index (χ4v) is 2.51. The number of amides is 1. The third kappa shape index (κ3) is 3.54. The Bertz CT molecular complexity index is 828. The van der Waals surface area contributed by atoms with Gasteiger partial charge in [0, 0.05) is 11.6 Å². The molecule has 0 unspecified atom stereocenters. The average molecular weight is 305 g/mol. The summed E-state index contributed by atoms with van der Waals surface area (Å²) in [6.07, 6.45) is 0.222. The lowest BCUT2D eigenvalue weighted by Gasteiger charge is -2.12. The molecule has 1 aromatic heterocycles. The molecule has 0 aliphatic rings. The Morgan fingerprint density at radius 3 is 2.22 bits per heavy atom. The molecule has 0 bridgehead atoms. The summed E-state index contributed by atoms with van der Waals surface area (Å²) in [6, 6.07) is 17.7. The Morgan fingerprint density at radius 1 is 0.957 bits per heavy atom. The van der Waals surface area contributed by atoms with Gasteiger partial charge < -0.3 is 5.32 Å². The molecule has 1 heterocycles. The van der Waals surface area contributed by atoms with Crippen LogP contribution in [-0.2, 0) is 11.2 Å². The first-order valence-electron chi connectivity index (χ1n) is 7.74. The van der Waals surface area contributed by atoms with E-state index in [2.05, 4.69) is 10.3 Å². The number of carbonyl (C=O) groups excluding carboxylic acids is 1. The van der Waals surface area contributed by atoms with E-state index in [0.29, 0.717) is 5.69 Å². The number of carbonyl (C=O) groups is 1. The summed E-state index contributed by atoms with van der Waals surface area (Å²) in [7, 11) is 0. The van der Waals surface area contributed by atoms with Gasteiger partial charge in [-0.3, -0.25) is 4.79 Å². The first-order valence-corrected chi connectivity index (χ1v) is 7.74. The molecule has 0 spiro atoms. The van der Waals surface area contributed by atoms with Crippen LogP contribution in [-0.4, -0.2) is 21.9 Å². The van der Waals surface area contributed by atoms with Gasteiger partial charge in [0.05, 0.1) is 28.8 Å². The van der Waals surface area contributed by atoms with E-state index in [1.807, 2.05) is 68.4 Å². The lowest BCUT2D eigenvalue weighted by molar-refractivity contribution is -0.120. The van der Waals surface area contributed by atoms with Gasteiger partial charge in [-0.15, -0.1) is 0 Å². The van der Waals surface area contributed by atoms with Crippen LogP contribution in [0.4, 0.5) is 0 Å². The number of para-hydroxylation sites is 2. The van der Waals surface area contributed by atoms with E-state index in [1.165, 1.54) is 0 Å². The lowest BCUT2D eigenvalue weighted by atomic mass is 10.1. The van der Waals surface area contributed by atoms with Gasteiger partial charge in [-0.1, -0.05) is 42.5 Å². The summed E-state index contributed by atoms with van der Waals surface area (Å²) in [5.41, 5.74) is 4.08. The standard InChI is InChI=1S/C19H19N3O/c1-13(2)20-18(23)12-17-19(14-8-4-3-5-9-14)22-16-11-7-6-10-15(16)21-17/h3-11,13H,12H2,1-2H3,(H,20,23). The van der Waals surface area contributed by atoms with Gasteiger partial charge >= 0.3 is 0 Å². The molecule has 0 saturated heterocycles. The number of aromatic nitrogens is 2. The Hall–Kier alpha value is -2.75. The Labute approximate surface area is 135 Å². The normalized spacial score (nSPS) is 10.9. The van der Waals surface area contributed by atoms with Gasteiger partial charge in [-0.05, 0) is 26.0 Å². The quantitative estimate of drug-likeness (QED) is 0.804. The van der Waals surface area contributed by atoms with Crippen molar-refractivity contribution in [1.82, 2.24) is 15.3 Å². The molecule has 1 N–H and O–H groups in total. The van der Waals surface area contributed by atoms with E-state index < -0.39 is 0 Å². The molecule has 1 amide bonds. The van der Waals surface area contributed by atoms with Crippen LogP contribution in [0.15, 0.2) is 54.6 Å². The van der Waals surface area contributed by atoms with Crippen molar-refractivity contribution in [3.63, 3.8) is 0 Å². The van der Waals surface area contributed by atoms with Gasteiger partial charge in [-0.25, -0.2) is 9.97 Å². The Balaban J connectivity index is 2.08. The maximum Gasteiger partial charge on any atom is 0.226 e. The molecule has 0 saturated carbocycles. The molecule has 116 valence electrons. The van der Waals surface area contributed by atoms with Gasteiger partial charge in [0.25, 0.3) is 0 Å². The van der Waals surface area contributed by atoms with Crippen molar-refractivity contribution in [3.8, 4) is 11.3 Å². The number of fused-ring (bicyclic) bond motifs is 1. The number of hydrogen-bond acceptors (Lipinski definition) is 3. The molecule has 3 aromatic rings. The minimum absolute atomic E-state index is 0.0400. The summed E-state index contributed by atoms with van der Waals surface area (Å²) in [4.78, 5) is 21.6. The fraction of sp³-hybridized carbons (Fsp3) is 0.211. The molecule has 0 aliphatic carbocycles. The zero-order valence-electron chi connectivity index (χ0n) is 13.3. The average Bonchev–Trinajstić information content (AvgIpc) is 2.54. The molecular formula is C19H19N3O.